The number of hydrogen-bond acceptors (Lipinski definition) is 3. The molecule has 1 rings (SSSR count). The van der Waals surface area contributed by atoms with Crippen molar-refractivity contribution in [1.29, 1.82) is 0 Å². The first-order chi connectivity index (χ1) is 5.75. The minimum absolute atomic E-state index is 0.399. The highest BCUT2D eigenvalue weighted by Crippen LogP contribution is 2.08. The predicted octanol–water partition coefficient (Wildman–Crippen LogP) is 0.108. The fraction of sp³-hybridized carbons (Fsp3) is 0.125. The Morgan fingerprint density at radius 2 is 2.08 bits per heavy atom. The van der Waals surface area contributed by atoms with E-state index in [-0.39, 0.29) is 0 Å². The molecule has 12 heavy (non-hydrogen) atoms. The second kappa shape index (κ2) is 3.61. The molecule has 0 fully saturated rings. The molecule has 0 aliphatic carbocycles. The minimum atomic E-state index is 0.399. The molecule has 64 valence electrons. The molecule has 0 saturated carbocycles. The highest BCUT2D eigenvalue weighted by molar-refractivity contribution is 6.01. The molecule has 0 saturated heterocycles. The molecule has 5 N–H and O–H groups in total. The predicted molar refractivity (Wildman–Crippen MR) is 50.6 cm³/mol. The van der Waals surface area contributed by atoms with Crippen LogP contribution in [0.4, 0.5) is 5.69 Å². The van der Waals surface area contributed by atoms with Crippen LogP contribution in [0.5, 0.6) is 0 Å². The number of nitrogens with zero attached hydrogens (tertiary/aromatic N) is 1. The van der Waals surface area contributed by atoms with E-state index in [0.717, 1.165) is 5.56 Å². The first-order valence-corrected chi connectivity index (χ1v) is 3.60. The van der Waals surface area contributed by atoms with Crippen molar-refractivity contribution in [3.05, 3.63) is 29.8 Å². The SMILES string of the molecule is CN/N=C(/N)c1ccccc1N. The van der Waals surface area contributed by atoms with Gasteiger partial charge in [0.15, 0.2) is 5.84 Å². The molecule has 0 heterocycles. The van der Waals surface area contributed by atoms with E-state index in [9.17, 15) is 0 Å². The van der Waals surface area contributed by atoms with Gasteiger partial charge in [-0.1, -0.05) is 12.1 Å². The average Bonchev–Trinajstić information content (AvgIpc) is 2.05. The van der Waals surface area contributed by atoms with Crippen LogP contribution in [0.25, 0.3) is 0 Å². The summed E-state index contributed by atoms with van der Waals surface area (Å²) in [5.74, 6) is 0.399. The summed E-state index contributed by atoms with van der Waals surface area (Å²) in [5.41, 5.74) is 15.3. The van der Waals surface area contributed by atoms with Crippen LogP contribution < -0.4 is 16.9 Å². The van der Waals surface area contributed by atoms with Crippen molar-refractivity contribution in [2.45, 2.75) is 0 Å². The standard InChI is InChI=1S/C8H12N4/c1-11-12-8(10)6-4-2-3-5-7(6)9/h2-5,11H,9H2,1H3,(H2,10,12). The third-order valence-corrected chi connectivity index (χ3v) is 1.47. The summed E-state index contributed by atoms with van der Waals surface area (Å²) < 4.78 is 0. The fourth-order valence-electron chi connectivity index (χ4n) is 0.911. The molecule has 0 aliphatic rings. The molecule has 1 aromatic rings. The summed E-state index contributed by atoms with van der Waals surface area (Å²) in [5, 5.41) is 3.82. The Hall–Kier alpha value is -1.71. The van der Waals surface area contributed by atoms with Gasteiger partial charge in [0, 0.05) is 18.3 Å². The minimum Gasteiger partial charge on any atom is -0.398 e. The van der Waals surface area contributed by atoms with Crippen molar-refractivity contribution in [2.75, 3.05) is 12.8 Å². The van der Waals surface area contributed by atoms with E-state index in [0.29, 0.717) is 11.5 Å². The van der Waals surface area contributed by atoms with Gasteiger partial charge < -0.3 is 16.9 Å². The number of nitrogens with two attached hydrogens (primary N) is 2. The maximum Gasteiger partial charge on any atom is 0.152 e. The van der Waals surface area contributed by atoms with Crippen LogP contribution >= 0.6 is 0 Å². The molecule has 0 bridgehead atoms. The molecular formula is C8H12N4. The molecule has 4 nitrogen and oxygen atoms in total. The van der Waals surface area contributed by atoms with Gasteiger partial charge in [-0.25, -0.2) is 0 Å². The van der Waals surface area contributed by atoms with Crippen molar-refractivity contribution in [2.24, 2.45) is 10.8 Å². The molecule has 0 atom stereocenters. The van der Waals surface area contributed by atoms with E-state index < -0.39 is 0 Å². The van der Waals surface area contributed by atoms with Gasteiger partial charge in [0.2, 0.25) is 0 Å². The van der Waals surface area contributed by atoms with Gasteiger partial charge in [-0.3, -0.25) is 0 Å². The van der Waals surface area contributed by atoms with Crippen LogP contribution in [-0.4, -0.2) is 12.9 Å². The number of anilines is 1. The van der Waals surface area contributed by atoms with Gasteiger partial charge in [-0.15, -0.1) is 0 Å². The van der Waals surface area contributed by atoms with E-state index in [1.807, 2.05) is 18.2 Å². The van der Waals surface area contributed by atoms with E-state index >= 15 is 0 Å². The number of hydrogen-bond donors (Lipinski definition) is 3. The third-order valence-electron chi connectivity index (χ3n) is 1.47. The number of amidine groups is 1. The molecule has 0 aliphatic heterocycles. The highest BCUT2D eigenvalue weighted by atomic mass is 15.3. The second-order valence-corrected chi connectivity index (χ2v) is 2.31. The van der Waals surface area contributed by atoms with Crippen molar-refractivity contribution < 1.29 is 0 Å². The summed E-state index contributed by atoms with van der Waals surface area (Å²) in [7, 11) is 1.69. The lowest BCUT2D eigenvalue weighted by Crippen LogP contribution is -2.18. The lowest BCUT2D eigenvalue weighted by molar-refractivity contribution is 0.898. The Balaban J connectivity index is 3.02. The summed E-state index contributed by atoms with van der Waals surface area (Å²) in [6, 6.07) is 7.33. The van der Waals surface area contributed by atoms with Crippen LogP contribution in [0, 0.1) is 0 Å². The molecule has 0 aromatic heterocycles. The van der Waals surface area contributed by atoms with Crippen LogP contribution in [0.2, 0.25) is 0 Å². The first-order valence-electron chi connectivity index (χ1n) is 3.60. The number of nitrogens with one attached hydrogen (secondary N) is 1. The Morgan fingerprint density at radius 1 is 1.42 bits per heavy atom. The van der Waals surface area contributed by atoms with E-state index in [4.69, 9.17) is 11.5 Å². The summed E-state index contributed by atoms with van der Waals surface area (Å²) in [6.45, 7) is 0. The smallest absolute Gasteiger partial charge is 0.152 e. The van der Waals surface area contributed by atoms with Gasteiger partial charge in [0.05, 0.1) is 0 Å². The quantitative estimate of drug-likeness (QED) is 0.251. The summed E-state index contributed by atoms with van der Waals surface area (Å²) >= 11 is 0. The Kier molecular flexibility index (Phi) is 2.53. The normalized spacial score (nSPS) is 11.2. The zero-order valence-electron chi connectivity index (χ0n) is 6.91. The van der Waals surface area contributed by atoms with Crippen molar-refractivity contribution in [3.63, 3.8) is 0 Å². The lowest BCUT2D eigenvalue weighted by Gasteiger charge is -2.03. The largest absolute Gasteiger partial charge is 0.398 e. The first kappa shape index (κ1) is 8.39. The lowest BCUT2D eigenvalue weighted by atomic mass is 10.2. The molecule has 0 spiro atoms. The zero-order chi connectivity index (χ0) is 8.97. The van der Waals surface area contributed by atoms with Crippen molar-refractivity contribution in [1.82, 2.24) is 5.43 Å². The topological polar surface area (TPSA) is 76.4 Å². The number of nitrogen functional groups attached to an aromatic ring is 1. The Bertz CT molecular complexity index is 293. The number of para-hydroxylation sites is 1. The molecule has 4 heteroatoms. The molecule has 0 unspecified atom stereocenters. The van der Waals surface area contributed by atoms with Crippen molar-refractivity contribution >= 4 is 11.5 Å². The van der Waals surface area contributed by atoms with Crippen molar-refractivity contribution in [3.8, 4) is 0 Å². The Morgan fingerprint density at radius 3 is 2.67 bits per heavy atom. The highest BCUT2D eigenvalue weighted by Gasteiger charge is 2.00. The second-order valence-electron chi connectivity index (χ2n) is 2.31. The summed E-state index contributed by atoms with van der Waals surface area (Å²) in [4.78, 5) is 0. The number of rotatable bonds is 2. The molecule has 0 radical (unpaired) electrons. The molecule has 0 amide bonds. The number of benzene rings is 1. The van der Waals surface area contributed by atoms with Gasteiger partial charge in [0.25, 0.3) is 0 Å². The maximum atomic E-state index is 5.66. The van der Waals surface area contributed by atoms with E-state index in [1.165, 1.54) is 0 Å². The van der Waals surface area contributed by atoms with Gasteiger partial charge in [-0.05, 0) is 12.1 Å². The van der Waals surface area contributed by atoms with Crippen LogP contribution in [0.15, 0.2) is 29.4 Å². The average molecular weight is 164 g/mol. The Labute approximate surface area is 71.3 Å². The number of hydrazone groups is 1. The van der Waals surface area contributed by atoms with Gasteiger partial charge >= 0.3 is 0 Å². The van der Waals surface area contributed by atoms with Crippen LogP contribution in [-0.2, 0) is 0 Å². The van der Waals surface area contributed by atoms with Gasteiger partial charge in [0.1, 0.15) is 0 Å². The maximum absolute atomic E-state index is 5.66. The van der Waals surface area contributed by atoms with E-state index in [1.54, 1.807) is 13.1 Å². The zero-order valence-corrected chi connectivity index (χ0v) is 6.91. The van der Waals surface area contributed by atoms with E-state index in [2.05, 4.69) is 10.5 Å². The van der Waals surface area contributed by atoms with Crippen LogP contribution in [0.1, 0.15) is 5.56 Å². The fourth-order valence-corrected chi connectivity index (χ4v) is 0.911. The monoisotopic (exact) mass is 164 g/mol. The van der Waals surface area contributed by atoms with Gasteiger partial charge in [-0.2, -0.15) is 5.10 Å². The van der Waals surface area contributed by atoms with Crippen LogP contribution in [0.3, 0.4) is 0 Å². The summed E-state index contributed by atoms with van der Waals surface area (Å²) in [6.07, 6.45) is 0. The third kappa shape index (κ3) is 1.66. The molecule has 1 aromatic carbocycles. The molecular weight excluding hydrogens is 152 g/mol.